The Balaban J connectivity index is 5.08. The van der Waals surface area contributed by atoms with Crippen molar-refractivity contribution in [2.75, 3.05) is 0 Å². The Morgan fingerprint density at radius 2 is 1.63 bits per heavy atom. The van der Waals surface area contributed by atoms with Gasteiger partial charge in [-0.25, -0.2) is 0 Å². The van der Waals surface area contributed by atoms with Crippen molar-refractivity contribution in [3.05, 3.63) is 0 Å². The van der Waals surface area contributed by atoms with Crippen LogP contribution in [0.3, 0.4) is 0 Å². The molecule has 0 saturated heterocycles. The molecule has 0 fully saturated rings. The summed E-state index contributed by atoms with van der Waals surface area (Å²) in [5.74, 6) is 0. The van der Waals surface area contributed by atoms with Gasteiger partial charge in [0, 0.05) is 5.71 Å². The summed E-state index contributed by atoms with van der Waals surface area (Å²) in [5, 5.41) is 13.5. The van der Waals surface area contributed by atoms with E-state index in [-0.39, 0.29) is 18.6 Å². The van der Waals surface area contributed by atoms with Crippen molar-refractivity contribution in [2.45, 2.75) is 43.7 Å². The molecule has 1 unspecified atom stereocenters. The molecule has 1 atom stereocenters. The van der Waals surface area contributed by atoms with Crippen LogP contribution in [0.5, 0.6) is 0 Å². The van der Waals surface area contributed by atoms with Gasteiger partial charge in [0.25, 0.3) is 5.08 Å². The van der Waals surface area contributed by atoms with Gasteiger partial charge < -0.3 is 35.8 Å². The summed E-state index contributed by atoms with van der Waals surface area (Å²) in [7, 11) is -11.1. The smallest absolute Gasteiger partial charge is 0.366 e. The topological polar surface area (TPSA) is 185 Å². The van der Waals surface area contributed by atoms with Crippen LogP contribution in [0, 0.1) is 5.41 Å². The third kappa shape index (κ3) is 4.44. The number of nitrogens with one attached hydrogen (secondary N) is 1. The molecule has 0 amide bonds. The Bertz CT molecular complexity index is 393. The molecule has 0 aromatic carbocycles. The number of nitrogens with two attached hydrogens (primary N) is 1. The first-order valence-corrected chi connectivity index (χ1v) is 8.76. The second-order valence-electron chi connectivity index (χ2n) is 4.27. The average molecular weight is 318 g/mol. The van der Waals surface area contributed by atoms with Crippen molar-refractivity contribution in [1.29, 1.82) is 5.41 Å². The highest BCUT2D eigenvalue weighted by Crippen LogP contribution is 2.68. The minimum Gasteiger partial charge on any atom is -0.366 e. The van der Waals surface area contributed by atoms with Crippen molar-refractivity contribution < 1.29 is 33.8 Å². The zero-order valence-corrected chi connectivity index (χ0v) is 12.2. The minimum absolute atomic E-state index is 0.00266. The number of hydrogen-bond acceptors (Lipinski definition) is 5. The van der Waals surface area contributed by atoms with Gasteiger partial charge in [0.05, 0.1) is 6.04 Å². The zero-order chi connectivity index (χ0) is 15.5. The highest BCUT2D eigenvalue weighted by Gasteiger charge is 2.63. The summed E-state index contributed by atoms with van der Waals surface area (Å²) in [5.41, 5.74) is 5.57. The van der Waals surface area contributed by atoms with Crippen molar-refractivity contribution in [3.63, 3.8) is 0 Å². The second-order valence-corrected chi connectivity index (χ2v) is 8.17. The molecule has 0 aromatic rings. The Kier molecular flexibility index (Phi) is 6.52. The Labute approximate surface area is 110 Å². The van der Waals surface area contributed by atoms with E-state index >= 15 is 0 Å². The van der Waals surface area contributed by atoms with Crippen molar-refractivity contribution in [3.8, 4) is 0 Å². The number of hydrogen-bond donors (Lipinski definition) is 7. The van der Waals surface area contributed by atoms with E-state index in [1.807, 2.05) is 6.92 Å². The summed E-state index contributed by atoms with van der Waals surface area (Å²) in [4.78, 5) is 35.8. The molecule has 0 rings (SSSR count). The lowest BCUT2D eigenvalue weighted by Crippen LogP contribution is -2.47. The molecule has 8 N–H and O–H groups in total. The fraction of sp³-hybridized carbons (Fsp3) is 0.875. The SMILES string of the molecule is CCCC(=N)CCC(N)C(O)(P(=O)(O)O)P(=O)(O)O. The van der Waals surface area contributed by atoms with Gasteiger partial charge in [-0.05, 0) is 19.3 Å². The molecule has 0 spiro atoms. The standard InChI is InChI=1S/C8H20N2O7P2/c1-2-3-6(9)4-5-7(10)8(11,18(12,13)14)19(15,16)17/h7,9,11H,2-5,10H2,1H3,(H2,12,13,14)(H2,15,16,17). The van der Waals surface area contributed by atoms with Crippen molar-refractivity contribution in [2.24, 2.45) is 5.73 Å². The van der Waals surface area contributed by atoms with E-state index in [0.29, 0.717) is 12.8 Å². The number of rotatable bonds is 8. The third-order valence-corrected chi connectivity index (χ3v) is 6.61. The van der Waals surface area contributed by atoms with Gasteiger partial charge in [0.1, 0.15) is 0 Å². The van der Waals surface area contributed by atoms with E-state index in [1.165, 1.54) is 0 Å². The molecule has 0 radical (unpaired) electrons. The molecule has 9 nitrogen and oxygen atoms in total. The molecule has 0 bridgehead atoms. The highest BCUT2D eigenvalue weighted by molar-refractivity contribution is 7.72. The molecule has 114 valence electrons. The van der Waals surface area contributed by atoms with Crippen LogP contribution in [-0.4, -0.2) is 41.5 Å². The maximum Gasteiger partial charge on any atom is 0.371 e. The summed E-state index contributed by atoms with van der Waals surface area (Å²) < 4.78 is 22.3. The number of aliphatic hydroxyl groups is 1. The van der Waals surface area contributed by atoms with Crippen LogP contribution in [0.4, 0.5) is 0 Å². The maximum absolute atomic E-state index is 11.1. The van der Waals surface area contributed by atoms with Gasteiger partial charge in [-0.2, -0.15) is 0 Å². The Hall–Kier alpha value is -0.110. The van der Waals surface area contributed by atoms with E-state index in [0.717, 1.165) is 0 Å². The molecular weight excluding hydrogens is 298 g/mol. The third-order valence-electron chi connectivity index (χ3n) is 2.66. The molecule has 0 saturated carbocycles. The maximum atomic E-state index is 11.1. The second kappa shape index (κ2) is 6.56. The van der Waals surface area contributed by atoms with Crippen LogP contribution in [0.25, 0.3) is 0 Å². The summed E-state index contributed by atoms with van der Waals surface area (Å²) in [6.07, 6.45) is 0.815. The lowest BCUT2D eigenvalue weighted by Gasteiger charge is -2.34. The molecule has 0 aliphatic rings. The van der Waals surface area contributed by atoms with E-state index in [9.17, 15) is 14.2 Å². The molecular formula is C8H20N2O7P2. The van der Waals surface area contributed by atoms with E-state index in [1.54, 1.807) is 0 Å². The molecule has 0 aliphatic carbocycles. The Morgan fingerprint density at radius 3 is 1.95 bits per heavy atom. The highest BCUT2D eigenvalue weighted by atomic mass is 31.2. The quantitative estimate of drug-likeness (QED) is 0.239. The normalized spacial score (nSPS) is 15.3. The fourth-order valence-electron chi connectivity index (χ4n) is 1.55. The zero-order valence-electron chi connectivity index (χ0n) is 10.4. The predicted octanol–water partition coefficient (Wildman–Crippen LogP) is -0.0847. The van der Waals surface area contributed by atoms with Crippen LogP contribution >= 0.6 is 15.2 Å². The van der Waals surface area contributed by atoms with Crippen LogP contribution in [-0.2, 0) is 9.13 Å². The fourth-order valence-corrected chi connectivity index (χ4v) is 4.03. The van der Waals surface area contributed by atoms with Gasteiger partial charge in [-0.3, -0.25) is 9.13 Å². The Morgan fingerprint density at radius 1 is 1.21 bits per heavy atom. The monoisotopic (exact) mass is 318 g/mol. The van der Waals surface area contributed by atoms with Crippen molar-refractivity contribution >= 4 is 20.9 Å². The molecule has 11 heteroatoms. The van der Waals surface area contributed by atoms with E-state index in [2.05, 4.69) is 0 Å². The van der Waals surface area contributed by atoms with Crippen LogP contribution < -0.4 is 5.73 Å². The first-order valence-electron chi connectivity index (χ1n) is 5.53. The summed E-state index contributed by atoms with van der Waals surface area (Å²) in [6, 6.07) is -1.84. The summed E-state index contributed by atoms with van der Waals surface area (Å²) in [6.45, 7) is 1.83. The lowest BCUT2D eigenvalue weighted by atomic mass is 10.1. The largest absolute Gasteiger partial charge is 0.371 e. The molecule has 19 heavy (non-hydrogen) atoms. The van der Waals surface area contributed by atoms with Gasteiger partial charge in [-0.15, -0.1) is 0 Å². The molecule has 0 heterocycles. The predicted molar refractivity (Wildman–Crippen MR) is 68.9 cm³/mol. The molecule has 0 aliphatic heterocycles. The van der Waals surface area contributed by atoms with E-state index in [4.69, 9.17) is 30.7 Å². The minimum atomic E-state index is -5.54. The first kappa shape index (κ1) is 18.9. The average Bonchev–Trinajstić information content (AvgIpc) is 2.21. The van der Waals surface area contributed by atoms with Crippen molar-refractivity contribution in [1.82, 2.24) is 0 Å². The van der Waals surface area contributed by atoms with Crippen LogP contribution in [0.1, 0.15) is 32.6 Å². The van der Waals surface area contributed by atoms with Gasteiger partial charge in [0.15, 0.2) is 0 Å². The first-order chi connectivity index (χ1) is 8.38. The van der Waals surface area contributed by atoms with Gasteiger partial charge >= 0.3 is 15.2 Å². The van der Waals surface area contributed by atoms with E-state index < -0.39 is 26.3 Å². The summed E-state index contributed by atoms with van der Waals surface area (Å²) >= 11 is 0. The van der Waals surface area contributed by atoms with Crippen LogP contribution in [0.15, 0.2) is 0 Å². The lowest BCUT2D eigenvalue weighted by molar-refractivity contribution is 0.105. The van der Waals surface area contributed by atoms with Crippen LogP contribution in [0.2, 0.25) is 0 Å². The molecule has 0 aromatic heterocycles. The van der Waals surface area contributed by atoms with Gasteiger partial charge in [-0.1, -0.05) is 13.3 Å². The van der Waals surface area contributed by atoms with Gasteiger partial charge in [0.2, 0.25) is 0 Å².